The summed E-state index contributed by atoms with van der Waals surface area (Å²) in [5.74, 6) is -3.70. The third-order valence-electron chi connectivity index (χ3n) is 4.30. The average Bonchev–Trinajstić information content (AvgIpc) is 2.59. The van der Waals surface area contributed by atoms with E-state index in [1.54, 1.807) is 6.92 Å². The van der Waals surface area contributed by atoms with E-state index in [4.69, 9.17) is 25.8 Å². The summed E-state index contributed by atoms with van der Waals surface area (Å²) >= 11 is 5.93. The molecule has 26 heavy (non-hydrogen) atoms. The third-order valence-corrected chi connectivity index (χ3v) is 4.71. The first-order valence-corrected chi connectivity index (χ1v) is 8.23. The molecule has 2 rings (SSSR count). The Morgan fingerprint density at radius 2 is 1.77 bits per heavy atom. The maximum atomic E-state index is 12.6. The summed E-state index contributed by atoms with van der Waals surface area (Å²) in [5.41, 5.74) is -0.376. The molecule has 0 saturated carbocycles. The van der Waals surface area contributed by atoms with Crippen LogP contribution in [0.1, 0.15) is 29.8 Å². The standard InChI is InChI=1S/C16H21ClO9/c1-4-6-7(9(18)11(20)10(19)8(6)17)15(22)26-13-5(2)25-16(23)14(24-3)12(13)21/h5,12-14,16,18-21,23H,4H2,1-3H3/t5-,12+,13-,14+,16-/m1/s1. The molecule has 5 atom stereocenters. The highest BCUT2D eigenvalue weighted by molar-refractivity contribution is 6.33. The number of aliphatic hydroxyl groups is 2. The molecule has 0 bridgehead atoms. The van der Waals surface area contributed by atoms with E-state index in [2.05, 4.69) is 0 Å². The van der Waals surface area contributed by atoms with Crippen LogP contribution in [0.15, 0.2) is 0 Å². The Balaban J connectivity index is 2.38. The Morgan fingerprint density at radius 1 is 1.15 bits per heavy atom. The molecule has 1 aliphatic heterocycles. The van der Waals surface area contributed by atoms with Crippen LogP contribution in [0.25, 0.3) is 0 Å². The first kappa shape index (κ1) is 20.5. The van der Waals surface area contributed by atoms with Gasteiger partial charge in [-0.15, -0.1) is 0 Å². The number of halogens is 1. The topological polar surface area (TPSA) is 146 Å². The van der Waals surface area contributed by atoms with Crippen molar-refractivity contribution in [2.75, 3.05) is 7.11 Å². The van der Waals surface area contributed by atoms with E-state index in [1.807, 2.05) is 0 Å². The van der Waals surface area contributed by atoms with E-state index >= 15 is 0 Å². The van der Waals surface area contributed by atoms with Crippen LogP contribution in [0.2, 0.25) is 5.02 Å². The third kappa shape index (κ3) is 3.40. The molecule has 1 fully saturated rings. The molecule has 1 aliphatic rings. The largest absolute Gasteiger partial charge is 0.504 e. The highest BCUT2D eigenvalue weighted by Gasteiger charge is 2.46. The van der Waals surface area contributed by atoms with Crippen molar-refractivity contribution in [1.29, 1.82) is 0 Å². The Hall–Kier alpha value is -1.78. The number of carbonyl (C=O) groups excluding carboxylic acids is 1. The number of phenolic OH excluding ortho intramolecular Hbond substituents is 3. The van der Waals surface area contributed by atoms with E-state index in [0.717, 1.165) is 0 Å². The lowest BCUT2D eigenvalue weighted by atomic mass is 9.98. The fourth-order valence-electron chi connectivity index (χ4n) is 2.89. The van der Waals surface area contributed by atoms with E-state index < -0.39 is 59.5 Å². The monoisotopic (exact) mass is 392 g/mol. The van der Waals surface area contributed by atoms with Gasteiger partial charge < -0.3 is 39.7 Å². The van der Waals surface area contributed by atoms with Crippen molar-refractivity contribution in [1.82, 2.24) is 0 Å². The zero-order valence-electron chi connectivity index (χ0n) is 14.3. The number of aromatic hydroxyl groups is 3. The van der Waals surface area contributed by atoms with Crippen LogP contribution < -0.4 is 0 Å². The minimum absolute atomic E-state index is 0.0617. The average molecular weight is 393 g/mol. The maximum absolute atomic E-state index is 12.6. The maximum Gasteiger partial charge on any atom is 0.342 e. The molecule has 0 aromatic heterocycles. The summed E-state index contributed by atoms with van der Waals surface area (Å²) in [5, 5.41) is 49.2. The second-order valence-electron chi connectivity index (χ2n) is 5.86. The number of rotatable bonds is 4. The zero-order chi connectivity index (χ0) is 19.8. The minimum atomic E-state index is -1.41. The van der Waals surface area contributed by atoms with E-state index in [-0.39, 0.29) is 17.0 Å². The molecule has 0 aliphatic carbocycles. The van der Waals surface area contributed by atoms with Crippen molar-refractivity contribution in [2.24, 2.45) is 0 Å². The van der Waals surface area contributed by atoms with E-state index in [0.29, 0.717) is 0 Å². The number of esters is 1. The van der Waals surface area contributed by atoms with Gasteiger partial charge in [0.05, 0.1) is 11.1 Å². The second-order valence-corrected chi connectivity index (χ2v) is 6.24. The molecule has 0 unspecified atom stereocenters. The van der Waals surface area contributed by atoms with Gasteiger partial charge >= 0.3 is 5.97 Å². The van der Waals surface area contributed by atoms with Gasteiger partial charge in [-0.1, -0.05) is 18.5 Å². The van der Waals surface area contributed by atoms with E-state index in [1.165, 1.54) is 14.0 Å². The lowest BCUT2D eigenvalue weighted by Crippen LogP contribution is -2.58. The van der Waals surface area contributed by atoms with Crippen LogP contribution in [0.5, 0.6) is 17.2 Å². The highest BCUT2D eigenvalue weighted by Crippen LogP contribution is 2.46. The summed E-state index contributed by atoms with van der Waals surface area (Å²) in [7, 11) is 1.24. The zero-order valence-corrected chi connectivity index (χ0v) is 15.1. The van der Waals surface area contributed by atoms with Crippen LogP contribution in [0.4, 0.5) is 0 Å². The number of aliphatic hydroxyl groups excluding tert-OH is 2. The lowest BCUT2D eigenvalue weighted by molar-refractivity contribution is -0.282. The number of carbonyl (C=O) groups is 1. The van der Waals surface area contributed by atoms with Gasteiger partial charge in [-0.3, -0.25) is 0 Å². The van der Waals surface area contributed by atoms with Gasteiger partial charge in [-0.2, -0.15) is 0 Å². The first-order chi connectivity index (χ1) is 12.1. The van der Waals surface area contributed by atoms with Gasteiger partial charge in [0.25, 0.3) is 0 Å². The molecule has 1 aromatic rings. The number of hydrogen-bond donors (Lipinski definition) is 5. The molecule has 5 N–H and O–H groups in total. The van der Waals surface area contributed by atoms with Crippen LogP contribution >= 0.6 is 11.6 Å². The molecular formula is C16H21ClO9. The Labute approximate surface area is 154 Å². The Kier molecular flexibility index (Phi) is 6.20. The number of benzene rings is 1. The van der Waals surface area contributed by atoms with E-state index in [9.17, 15) is 30.3 Å². The molecule has 0 amide bonds. The quantitative estimate of drug-likeness (QED) is 0.368. The molecule has 0 radical (unpaired) electrons. The van der Waals surface area contributed by atoms with Crippen LogP contribution in [-0.2, 0) is 20.6 Å². The van der Waals surface area contributed by atoms with Crippen molar-refractivity contribution >= 4 is 17.6 Å². The fourth-order valence-corrected chi connectivity index (χ4v) is 3.21. The fraction of sp³-hybridized carbons (Fsp3) is 0.562. The van der Waals surface area contributed by atoms with Crippen LogP contribution in [0.3, 0.4) is 0 Å². The Morgan fingerprint density at radius 3 is 2.31 bits per heavy atom. The molecule has 9 nitrogen and oxygen atoms in total. The molecule has 146 valence electrons. The number of ether oxygens (including phenoxy) is 3. The molecule has 1 heterocycles. The molecular weight excluding hydrogens is 372 g/mol. The summed E-state index contributed by atoms with van der Waals surface area (Å²) in [4.78, 5) is 12.6. The minimum Gasteiger partial charge on any atom is -0.504 e. The first-order valence-electron chi connectivity index (χ1n) is 7.86. The molecule has 1 saturated heterocycles. The van der Waals surface area contributed by atoms with Gasteiger partial charge in [-0.05, 0) is 18.9 Å². The molecule has 0 spiro atoms. The predicted octanol–water partition coefficient (Wildman–Crippen LogP) is 0.658. The predicted molar refractivity (Wildman–Crippen MR) is 88.4 cm³/mol. The van der Waals surface area contributed by atoms with Gasteiger partial charge in [-0.25, -0.2) is 4.79 Å². The van der Waals surface area contributed by atoms with Crippen molar-refractivity contribution in [2.45, 2.75) is 51.0 Å². The number of hydrogen-bond acceptors (Lipinski definition) is 9. The molecule has 10 heteroatoms. The second kappa shape index (κ2) is 7.85. The summed E-state index contributed by atoms with van der Waals surface area (Å²) in [6.45, 7) is 3.09. The summed E-state index contributed by atoms with van der Waals surface area (Å²) in [6, 6.07) is 0. The smallest absolute Gasteiger partial charge is 0.342 e. The van der Waals surface area contributed by atoms with Crippen LogP contribution in [0, 0.1) is 0 Å². The van der Waals surface area contributed by atoms with Gasteiger partial charge in [0.15, 0.2) is 23.9 Å². The van der Waals surface area contributed by atoms with Crippen LogP contribution in [-0.4, -0.2) is 69.3 Å². The van der Waals surface area contributed by atoms with Gasteiger partial charge in [0, 0.05) is 7.11 Å². The van der Waals surface area contributed by atoms with Crippen molar-refractivity contribution in [3.05, 3.63) is 16.1 Å². The van der Waals surface area contributed by atoms with Crippen molar-refractivity contribution in [3.63, 3.8) is 0 Å². The normalized spacial score (nSPS) is 28.8. The highest BCUT2D eigenvalue weighted by atomic mass is 35.5. The van der Waals surface area contributed by atoms with Crippen molar-refractivity contribution < 1.29 is 44.5 Å². The van der Waals surface area contributed by atoms with Crippen molar-refractivity contribution in [3.8, 4) is 17.2 Å². The number of methoxy groups -OCH3 is 1. The summed E-state index contributed by atoms with van der Waals surface area (Å²) < 4.78 is 15.4. The lowest BCUT2D eigenvalue weighted by Gasteiger charge is -2.40. The SMILES string of the molecule is CCc1c(Cl)c(O)c(O)c(O)c1C(=O)O[C@H]1[C@H](O)[C@H](OC)[C@H](O)O[C@@H]1C. The van der Waals surface area contributed by atoms with Gasteiger partial charge in [0.2, 0.25) is 5.75 Å². The number of phenols is 3. The molecule has 1 aromatic carbocycles. The van der Waals surface area contributed by atoms with Gasteiger partial charge in [0.1, 0.15) is 17.8 Å². The summed E-state index contributed by atoms with van der Waals surface area (Å²) in [6.07, 6.45) is -5.94. The Bertz CT molecular complexity index is 693.